The lowest BCUT2D eigenvalue weighted by Crippen LogP contribution is -2.57. The smallest absolute Gasteiger partial charge is 0.246 e. The molecule has 1 aliphatic heterocycles. The lowest BCUT2D eigenvalue weighted by atomic mass is 9.98. The van der Waals surface area contributed by atoms with Gasteiger partial charge in [-0.15, -0.1) is 11.3 Å². The molecule has 1 aromatic heterocycles. The average molecular weight is 631 g/mol. The fourth-order valence-electron chi connectivity index (χ4n) is 5.51. The quantitative estimate of drug-likeness (QED) is 0.286. The minimum atomic E-state index is -0.845. The van der Waals surface area contributed by atoms with E-state index in [1.807, 2.05) is 86.0 Å². The minimum Gasteiger partial charge on any atom is -0.393 e. The van der Waals surface area contributed by atoms with Gasteiger partial charge in [0.1, 0.15) is 12.1 Å². The topological polar surface area (TPSA) is 107 Å². The number of hydrogen-bond acceptors (Lipinski definition) is 6. The molecule has 4 rings (SSSR count). The maximum Gasteiger partial charge on any atom is 0.246 e. The van der Waals surface area contributed by atoms with Crippen molar-refractivity contribution in [2.75, 3.05) is 27.2 Å². The van der Waals surface area contributed by atoms with Gasteiger partial charge in [-0.25, -0.2) is 0 Å². The van der Waals surface area contributed by atoms with E-state index in [-0.39, 0.29) is 24.1 Å². The molecule has 1 unspecified atom stereocenters. The van der Waals surface area contributed by atoms with Crippen LogP contribution in [0.4, 0.5) is 0 Å². The number of aliphatic hydroxyl groups is 1. The number of nitrogens with zero attached hydrogens (tertiary/aromatic N) is 3. The van der Waals surface area contributed by atoms with Gasteiger partial charge in [0.15, 0.2) is 0 Å². The second-order valence-corrected chi connectivity index (χ2v) is 13.7. The number of benzene rings is 2. The molecule has 2 atom stereocenters. The van der Waals surface area contributed by atoms with E-state index in [0.29, 0.717) is 38.8 Å². The zero-order valence-corrected chi connectivity index (χ0v) is 27.6. The first-order chi connectivity index (χ1) is 21.4. The number of hydrogen-bond donors (Lipinski definition) is 2. The van der Waals surface area contributed by atoms with E-state index >= 15 is 0 Å². The van der Waals surface area contributed by atoms with Crippen molar-refractivity contribution in [2.45, 2.75) is 69.7 Å². The van der Waals surface area contributed by atoms with Gasteiger partial charge in [0, 0.05) is 50.4 Å². The summed E-state index contributed by atoms with van der Waals surface area (Å²) >= 11 is 1.54. The highest BCUT2D eigenvalue weighted by atomic mass is 32.1. The fourth-order valence-corrected chi connectivity index (χ4v) is 6.25. The molecule has 1 saturated heterocycles. The largest absolute Gasteiger partial charge is 0.393 e. The Bertz CT molecular complexity index is 1430. The van der Waals surface area contributed by atoms with Crippen LogP contribution in [0.1, 0.15) is 43.6 Å². The molecular weight excluding hydrogens is 584 g/mol. The van der Waals surface area contributed by atoms with E-state index in [4.69, 9.17) is 5.73 Å². The molecule has 9 heteroatoms. The molecule has 3 aromatic rings. The number of carbonyl (C=O) groups excluding carboxylic acids is 3. The number of piperidine rings is 1. The van der Waals surface area contributed by atoms with Gasteiger partial charge in [-0.2, -0.15) is 0 Å². The Labute approximate surface area is 271 Å². The van der Waals surface area contributed by atoms with E-state index in [1.165, 1.54) is 15.9 Å². The van der Waals surface area contributed by atoms with Crippen molar-refractivity contribution in [1.29, 1.82) is 0 Å². The summed E-state index contributed by atoms with van der Waals surface area (Å²) in [6, 6.07) is 20.4. The summed E-state index contributed by atoms with van der Waals surface area (Å²) in [5, 5.41) is 12.0. The van der Waals surface area contributed by atoms with Crippen molar-refractivity contribution >= 4 is 29.1 Å². The van der Waals surface area contributed by atoms with E-state index in [1.54, 1.807) is 36.4 Å². The van der Waals surface area contributed by atoms with Crippen LogP contribution in [-0.2, 0) is 27.2 Å². The van der Waals surface area contributed by atoms with Gasteiger partial charge in [0.2, 0.25) is 17.7 Å². The standard InChI is InChI=1S/C36H46N4O4S/c1-36(2,37)20-8-13-33(42)38(3)31(24-26-14-16-28(17-15-26)27-10-6-5-7-11-27)34(43)39(4)32(25-30-12-9-23-45-30)35(44)40-21-18-29(41)19-22-40/h5-17,23,29,31-32,41H,18-22,24-25,37H2,1-4H3/b13-8+/t31-,32?/m1/s1. The summed E-state index contributed by atoms with van der Waals surface area (Å²) < 4.78 is 0. The third kappa shape index (κ3) is 9.60. The predicted molar refractivity (Wildman–Crippen MR) is 181 cm³/mol. The molecule has 8 nitrogen and oxygen atoms in total. The molecular formula is C36H46N4O4S. The van der Waals surface area contributed by atoms with Gasteiger partial charge < -0.3 is 25.5 Å². The Morgan fingerprint density at radius 1 is 0.933 bits per heavy atom. The van der Waals surface area contributed by atoms with Crippen LogP contribution < -0.4 is 5.73 Å². The number of carbonyl (C=O) groups is 3. The zero-order valence-electron chi connectivity index (χ0n) is 26.8. The first-order valence-electron chi connectivity index (χ1n) is 15.6. The Balaban J connectivity index is 1.61. The molecule has 3 N–H and O–H groups in total. The molecule has 1 aliphatic rings. The van der Waals surface area contributed by atoms with Crippen LogP contribution in [0, 0.1) is 0 Å². The summed E-state index contributed by atoms with van der Waals surface area (Å²) in [5.41, 5.74) is 8.69. The molecule has 2 aromatic carbocycles. The second kappa shape index (κ2) is 15.5. The monoisotopic (exact) mass is 630 g/mol. The zero-order chi connectivity index (χ0) is 32.6. The number of aliphatic hydroxyl groups excluding tert-OH is 1. The summed E-state index contributed by atoms with van der Waals surface area (Å²) in [4.78, 5) is 47.5. The van der Waals surface area contributed by atoms with Crippen molar-refractivity contribution in [3.8, 4) is 11.1 Å². The highest BCUT2D eigenvalue weighted by Crippen LogP contribution is 2.23. The summed E-state index contributed by atoms with van der Waals surface area (Å²) in [6.45, 7) is 4.67. The van der Waals surface area contributed by atoms with Crippen LogP contribution in [0.15, 0.2) is 84.3 Å². The number of nitrogens with two attached hydrogens (primary N) is 1. The van der Waals surface area contributed by atoms with Crippen LogP contribution in [-0.4, -0.2) is 88.4 Å². The third-order valence-corrected chi connectivity index (χ3v) is 9.24. The normalized spacial score (nSPS) is 15.6. The molecule has 0 spiro atoms. The lowest BCUT2D eigenvalue weighted by Gasteiger charge is -2.38. The molecule has 45 heavy (non-hydrogen) atoms. The number of thiophene rings is 1. The van der Waals surface area contributed by atoms with Crippen LogP contribution in [0.5, 0.6) is 0 Å². The second-order valence-electron chi connectivity index (χ2n) is 12.6. The maximum absolute atomic E-state index is 14.4. The Morgan fingerprint density at radius 2 is 1.58 bits per heavy atom. The first kappa shape index (κ1) is 34.1. The third-order valence-electron chi connectivity index (χ3n) is 8.35. The van der Waals surface area contributed by atoms with Crippen molar-refractivity contribution in [1.82, 2.24) is 14.7 Å². The Hall–Kier alpha value is -3.79. The molecule has 3 amide bonds. The molecule has 1 fully saturated rings. The number of amides is 3. The van der Waals surface area contributed by atoms with E-state index in [2.05, 4.69) is 0 Å². The van der Waals surface area contributed by atoms with Crippen LogP contribution in [0.2, 0.25) is 0 Å². The molecule has 0 radical (unpaired) electrons. The number of likely N-dealkylation sites (N-methyl/N-ethyl adjacent to an activating group) is 2. The SMILES string of the molecule is CN(C(=O)[C@@H](Cc1ccc(-c2ccccc2)cc1)N(C)C(=O)/C=C/CC(C)(C)N)C(Cc1cccs1)C(=O)N1CCC(O)CC1. The lowest BCUT2D eigenvalue weighted by molar-refractivity contribution is -0.150. The predicted octanol–water partition coefficient (Wildman–Crippen LogP) is 4.52. The molecule has 2 heterocycles. The van der Waals surface area contributed by atoms with Gasteiger partial charge in [-0.3, -0.25) is 14.4 Å². The van der Waals surface area contributed by atoms with Gasteiger partial charge in [-0.05, 0) is 67.3 Å². The van der Waals surface area contributed by atoms with Crippen LogP contribution >= 0.6 is 11.3 Å². The fraction of sp³-hybridized carbons (Fsp3) is 0.417. The highest BCUT2D eigenvalue weighted by Gasteiger charge is 2.37. The van der Waals surface area contributed by atoms with Crippen molar-refractivity contribution in [2.24, 2.45) is 5.73 Å². The minimum absolute atomic E-state index is 0.142. The highest BCUT2D eigenvalue weighted by molar-refractivity contribution is 7.09. The van der Waals surface area contributed by atoms with E-state index < -0.39 is 23.7 Å². The van der Waals surface area contributed by atoms with E-state index in [9.17, 15) is 19.5 Å². The van der Waals surface area contributed by atoms with Gasteiger partial charge >= 0.3 is 0 Å². The number of rotatable bonds is 12. The van der Waals surface area contributed by atoms with Crippen LogP contribution in [0.25, 0.3) is 11.1 Å². The molecule has 0 aliphatic carbocycles. The summed E-state index contributed by atoms with van der Waals surface area (Å²) in [6.07, 6.45) is 4.99. The summed E-state index contributed by atoms with van der Waals surface area (Å²) in [5.74, 6) is -0.758. The van der Waals surface area contributed by atoms with Crippen molar-refractivity contribution in [3.05, 3.63) is 94.7 Å². The van der Waals surface area contributed by atoms with Gasteiger partial charge in [0.25, 0.3) is 0 Å². The van der Waals surface area contributed by atoms with Crippen molar-refractivity contribution < 1.29 is 19.5 Å². The van der Waals surface area contributed by atoms with Gasteiger partial charge in [-0.1, -0.05) is 66.7 Å². The number of likely N-dealkylation sites (tertiary alicyclic amines) is 1. The maximum atomic E-state index is 14.4. The molecule has 240 valence electrons. The van der Waals surface area contributed by atoms with Gasteiger partial charge in [0.05, 0.1) is 6.10 Å². The van der Waals surface area contributed by atoms with Crippen molar-refractivity contribution in [3.63, 3.8) is 0 Å². The van der Waals surface area contributed by atoms with Crippen LogP contribution in [0.3, 0.4) is 0 Å². The molecule has 0 bridgehead atoms. The Morgan fingerprint density at radius 3 is 2.18 bits per heavy atom. The van der Waals surface area contributed by atoms with E-state index in [0.717, 1.165) is 21.6 Å². The first-order valence-corrected chi connectivity index (χ1v) is 16.4. The average Bonchev–Trinajstić information content (AvgIpc) is 3.55. The Kier molecular flexibility index (Phi) is 11.7. The molecule has 0 saturated carbocycles. The summed E-state index contributed by atoms with van der Waals surface area (Å²) in [7, 11) is 3.30.